The van der Waals surface area contributed by atoms with Crippen molar-refractivity contribution in [3.05, 3.63) is 65.2 Å². The molecule has 1 aliphatic rings. The third-order valence-electron chi connectivity index (χ3n) is 5.86. The molecule has 166 valence electrons. The van der Waals surface area contributed by atoms with Crippen LogP contribution in [0.3, 0.4) is 0 Å². The molecule has 2 amide bonds. The van der Waals surface area contributed by atoms with Crippen LogP contribution in [0.15, 0.2) is 48.5 Å². The minimum atomic E-state index is 0.0672. The predicted octanol–water partition coefficient (Wildman–Crippen LogP) is 4.20. The lowest BCUT2D eigenvalue weighted by molar-refractivity contribution is -0.132. The molecule has 2 aromatic carbocycles. The van der Waals surface area contributed by atoms with Gasteiger partial charge in [-0.05, 0) is 56.7 Å². The van der Waals surface area contributed by atoms with Crippen LogP contribution < -0.4 is 10.1 Å². The van der Waals surface area contributed by atoms with Crippen LogP contribution in [0, 0.1) is 13.8 Å². The van der Waals surface area contributed by atoms with Crippen LogP contribution in [-0.4, -0.2) is 42.5 Å². The van der Waals surface area contributed by atoms with Crippen molar-refractivity contribution in [2.24, 2.45) is 0 Å². The summed E-state index contributed by atoms with van der Waals surface area (Å²) in [5, 5.41) is 3.12. The van der Waals surface area contributed by atoms with Gasteiger partial charge in [0.15, 0.2) is 0 Å². The van der Waals surface area contributed by atoms with Crippen molar-refractivity contribution < 1.29 is 14.3 Å². The van der Waals surface area contributed by atoms with Gasteiger partial charge in [-0.3, -0.25) is 9.59 Å². The Balaban J connectivity index is 1.29. The largest absolute Gasteiger partial charge is 0.493 e. The van der Waals surface area contributed by atoms with Gasteiger partial charge in [-0.15, -0.1) is 0 Å². The molecule has 31 heavy (non-hydrogen) atoms. The number of hydrogen-bond acceptors (Lipinski definition) is 3. The van der Waals surface area contributed by atoms with Crippen molar-refractivity contribution in [2.75, 3.05) is 19.7 Å². The van der Waals surface area contributed by atoms with Gasteiger partial charge in [-0.25, -0.2) is 0 Å². The maximum Gasteiger partial charge on any atom is 0.222 e. The number of piperidine rings is 1. The van der Waals surface area contributed by atoms with Crippen molar-refractivity contribution in [1.29, 1.82) is 0 Å². The summed E-state index contributed by atoms with van der Waals surface area (Å²) in [6.07, 6.45) is 4.11. The molecule has 2 aromatic rings. The van der Waals surface area contributed by atoms with E-state index >= 15 is 0 Å². The summed E-state index contributed by atoms with van der Waals surface area (Å²) in [5.41, 5.74) is 3.54. The van der Waals surface area contributed by atoms with Gasteiger partial charge in [0.1, 0.15) is 5.75 Å². The SMILES string of the molecule is Cc1ccc(CCC(=O)N2CCC(NC(=O)CCCOc3ccccc3C)CC2)cc1. The second-order valence-electron chi connectivity index (χ2n) is 8.43. The van der Waals surface area contributed by atoms with Gasteiger partial charge in [0, 0.05) is 32.0 Å². The maximum absolute atomic E-state index is 12.5. The zero-order chi connectivity index (χ0) is 22.1. The van der Waals surface area contributed by atoms with Crippen molar-refractivity contribution in [3.8, 4) is 5.75 Å². The van der Waals surface area contributed by atoms with Crippen molar-refractivity contribution in [3.63, 3.8) is 0 Å². The number of benzene rings is 2. The van der Waals surface area contributed by atoms with E-state index in [9.17, 15) is 9.59 Å². The fraction of sp³-hybridized carbons (Fsp3) is 0.462. The van der Waals surface area contributed by atoms with Gasteiger partial charge in [-0.1, -0.05) is 48.0 Å². The minimum Gasteiger partial charge on any atom is -0.493 e. The van der Waals surface area contributed by atoms with Crippen molar-refractivity contribution >= 4 is 11.8 Å². The third-order valence-corrected chi connectivity index (χ3v) is 5.86. The fourth-order valence-electron chi connectivity index (χ4n) is 3.87. The molecule has 0 bridgehead atoms. The number of nitrogens with zero attached hydrogens (tertiary/aromatic N) is 1. The second kappa shape index (κ2) is 11.5. The fourth-order valence-corrected chi connectivity index (χ4v) is 3.87. The number of ether oxygens (including phenoxy) is 1. The van der Waals surface area contributed by atoms with Gasteiger partial charge in [0.25, 0.3) is 0 Å². The Morgan fingerprint density at radius 1 is 1.00 bits per heavy atom. The quantitative estimate of drug-likeness (QED) is 0.616. The Labute approximate surface area is 185 Å². The first-order valence-corrected chi connectivity index (χ1v) is 11.3. The Hall–Kier alpha value is -2.82. The molecule has 0 aliphatic carbocycles. The number of carbonyl (C=O) groups is 2. The highest BCUT2D eigenvalue weighted by atomic mass is 16.5. The van der Waals surface area contributed by atoms with Gasteiger partial charge in [0.2, 0.25) is 11.8 Å². The van der Waals surface area contributed by atoms with E-state index in [1.165, 1.54) is 11.1 Å². The number of para-hydroxylation sites is 1. The molecule has 1 N–H and O–H groups in total. The first kappa shape index (κ1) is 22.9. The average molecular weight is 423 g/mol. The predicted molar refractivity (Wildman–Crippen MR) is 123 cm³/mol. The summed E-state index contributed by atoms with van der Waals surface area (Å²) in [6.45, 7) is 6.05. The number of rotatable bonds is 9. The number of carbonyl (C=O) groups excluding carboxylic acids is 2. The highest BCUT2D eigenvalue weighted by Crippen LogP contribution is 2.17. The van der Waals surface area contributed by atoms with E-state index in [1.54, 1.807) is 0 Å². The summed E-state index contributed by atoms with van der Waals surface area (Å²) in [5.74, 6) is 1.15. The lowest BCUT2D eigenvalue weighted by atomic mass is 10.0. The monoisotopic (exact) mass is 422 g/mol. The Kier molecular flexibility index (Phi) is 8.51. The lowest BCUT2D eigenvalue weighted by Gasteiger charge is -2.32. The normalized spacial score (nSPS) is 14.3. The molecular formula is C26H34N2O3. The summed E-state index contributed by atoms with van der Waals surface area (Å²) in [4.78, 5) is 26.7. The summed E-state index contributed by atoms with van der Waals surface area (Å²) in [6, 6.07) is 16.4. The van der Waals surface area contributed by atoms with E-state index in [1.807, 2.05) is 36.1 Å². The zero-order valence-electron chi connectivity index (χ0n) is 18.7. The number of likely N-dealkylation sites (tertiary alicyclic amines) is 1. The number of hydrogen-bond donors (Lipinski definition) is 1. The van der Waals surface area contributed by atoms with E-state index in [-0.39, 0.29) is 17.9 Å². The molecule has 0 unspecified atom stereocenters. The van der Waals surface area contributed by atoms with Gasteiger partial charge >= 0.3 is 0 Å². The summed E-state index contributed by atoms with van der Waals surface area (Å²) in [7, 11) is 0. The van der Waals surface area contributed by atoms with Gasteiger partial charge < -0.3 is 15.0 Å². The van der Waals surface area contributed by atoms with Gasteiger partial charge in [0.05, 0.1) is 6.61 Å². The maximum atomic E-state index is 12.5. The van der Waals surface area contributed by atoms with E-state index < -0.39 is 0 Å². The van der Waals surface area contributed by atoms with Crippen LogP contribution in [0.25, 0.3) is 0 Å². The second-order valence-corrected chi connectivity index (χ2v) is 8.43. The van der Waals surface area contributed by atoms with Crippen LogP contribution in [0.5, 0.6) is 5.75 Å². The molecule has 1 saturated heterocycles. The molecule has 1 aliphatic heterocycles. The van der Waals surface area contributed by atoms with E-state index in [2.05, 4.69) is 36.5 Å². The molecule has 0 radical (unpaired) electrons. The summed E-state index contributed by atoms with van der Waals surface area (Å²) < 4.78 is 5.75. The third kappa shape index (κ3) is 7.42. The average Bonchev–Trinajstić information content (AvgIpc) is 2.78. The minimum absolute atomic E-state index is 0.0672. The number of nitrogens with one attached hydrogen (secondary N) is 1. The van der Waals surface area contributed by atoms with E-state index in [4.69, 9.17) is 4.74 Å². The molecule has 0 atom stereocenters. The van der Waals surface area contributed by atoms with Crippen LogP contribution in [0.4, 0.5) is 0 Å². The molecule has 1 heterocycles. The van der Waals surface area contributed by atoms with Crippen molar-refractivity contribution in [1.82, 2.24) is 10.2 Å². The Morgan fingerprint density at radius 2 is 1.71 bits per heavy atom. The first-order chi connectivity index (χ1) is 15.0. The van der Waals surface area contributed by atoms with Crippen LogP contribution in [0.1, 0.15) is 48.8 Å². The molecule has 5 nitrogen and oxygen atoms in total. The highest BCUT2D eigenvalue weighted by Gasteiger charge is 2.23. The molecule has 0 spiro atoms. The molecule has 0 aromatic heterocycles. The Morgan fingerprint density at radius 3 is 2.42 bits per heavy atom. The summed E-state index contributed by atoms with van der Waals surface area (Å²) >= 11 is 0. The molecule has 5 heteroatoms. The smallest absolute Gasteiger partial charge is 0.222 e. The lowest BCUT2D eigenvalue weighted by Crippen LogP contribution is -2.46. The van der Waals surface area contributed by atoms with Crippen LogP contribution >= 0.6 is 0 Å². The van der Waals surface area contributed by atoms with E-state index in [0.717, 1.165) is 30.6 Å². The van der Waals surface area contributed by atoms with Crippen LogP contribution in [-0.2, 0) is 16.0 Å². The molecular weight excluding hydrogens is 388 g/mol. The van der Waals surface area contributed by atoms with E-state index in [0.29, 0.717) is 39.0 Å². The zero-order valence-corrected chi connectivity index (χ0v) is 18.7. The standard InChI is InChI=1S/C26H34N2O3/c1-20-9-11-22(12-10-20)13-14-26(30)28-17-15-23(16-18-28)27-25(29)8-5-19-31-24-7-4-3-6-21(24)2/h3-4,6-7,9-12,23H,5,8,13-19H2,1-2H3,(H,27,29). The highest BCUT2D eigenvalue weighted by molar-refractivity contribution is 5.77. The molecule has 3 rings (SSSR count). The number of aryl methyl sites for hydroxylation is 3. The van der Waals surface area contributed by atoms with Crippen LogP contribution in [0.2, 0.25) is 0 Å². The van der Waals surface area contributed by atoms with Gasteiger partial charge in [-0.2, -0.15) is 0 Å². The number of amides is 2. The Bertz CT molecular complexity index is 855. The topological polar surface area (TPSA) is 58.6 Å². The molecule has 0 saturated carbocycles. The van der Waals surface area contributed by atoms with Crippen molar-refractivity contribution in [2.45, 2.75) is 58.4 Å². The first-order valence-electron chi connectivity index (χ1n) is 11.3. The molecule has 1 fully saturated rings.